The number of hydrogen-bond donors (Lipinski definition) is 1. The normalized spacial score (nSPS) is 23.8. The molecule has 0 aliphatic carbocycles. The van der Waals surface area contributed by atoms with Gasteiger partial charge in [-0.15, -0.1) is 0 Å². The molecular formula is C15H21NO2. The van der Waals surface area contributed by atoms with Crippen LogP contribution in [0.1, 0.15) is 25.8 Å². The summed E-state index contributed by atoms with van der Waals surface area (Å²) in [5, 5.41) is 9.59. The smallest absolute Gasteiger partial charge is 0.315 e. The Balaban J connectivity index is 2.20. The monoisotopic (exact) mass is 247 g/mol. The SMILES string of the molecule is CC1CCN(CC(C)(C(=O)O)c2ccccc2)C1. The van der Waals surface area contributed by atoms with Crippen LogP contribution in [0.25, 0.3) is 0 Å². The fraction of sp³-hybridized carbons (Fsp3) is 0.533. The van der Waals surface area contributed by atoms with Crippen LogP contribution in [0.3, 0.4) is 0 Å². The predicted molar refractivity (Wildman–Crippen MR) is 71.7 cm³/mol. The van der Waals surface area contributed by atoms with Crippen LogP contribution in [0, 0.1) is 5.92 Å². The van der Waals surface area contributed by atoms with Crippen LogP contribution in [-0.2, 0) is 10.2 Å². The largest absolute Gasteiger partial charge is 0.481 e. The zero-order valence-corrected chi connectivity index (χ0v) is 11.1. The van der Waals surface area contributed by atoms with E-state index in [2.05, 4.69) is 11.8 Å². The highest BCUT2D eigenvalue weighted by Gasteiger charge is 2.38. The lowest BCUT2D eigenvalue weighted by Gasteiger charge is -2.30. The van der Waals surface area contributed by atoms with Crippen LogP contribution in [0.2, 0.25) is 0 Å². The van der Waals surface area contributed by atoms with Gasteiger partial charge in [-0.3, -0.25) is 4.79 Å². The molecule has 1 aromatic rings. The van der Waals surface area contributed by atoms with Gasteiger partial charge < -0.3 is 10.0 Å². The van der Waals surface area contributed by atoms with E-state index in [0.717, 1.165) is 18.7 Å². The van der Waals surface area contributed by atoms with E-state index in [1.54, 1.807) is 0 Å². The van der Waals surface area contributed by atoms with Crippen LogP contribution in [0.4, 0.5) is 0 Å². The lowest BCUT2D eigenvalue weighted by Crippen LogP contribution is -2.43. The molecule has 2 unspecified atom stereocenters. The van der Waals surface area contributed by atoms with Crippen LogP contribution in [0.5, 0.6) is 0 Å². The molecule has 0 aromatic heterocycles. The van der Waals surface area contributed by atoms with Crippen molar-refractivity contribution in [1.29, 1.82) is 0 Å². The minimum atomic E-state index is -0.814. The number of benzene rings is 1. The van der Waals surface area contributed by atoms with E-state index in [0.29, 0.717) is 12.5 Å². The van der Waals surface area contributed by atoms with Crippen molar-refractivity contribution in [3.8, 4) is 0 Å². The number of aliphatic carboxylic acids is 1. The number of nitrogens with zero attached hydrogens (tertiary/aromatic N) is 1. The van der Waals surface area contributed by atoms with Crippen molar-refractivity contribution in [2.75, 3.05) is 19.6 Å². The summed E-state index contributed by atoms with van der Waals surface area (Å²) in [4.78, 5) is 13.9. The summed E-state index contributed by atoms with van der Waals surface area (Å²) in [6.45, 7) is 6.66. The van der Waals surface area contributed by atoms with E-state index in [9.17, 15) is 9.90 Å². The molecular weight excluding hydrogens is 226 g/mol. The van der Waals surface area contributed by atoms with Crippen molar-refractivity contribution >= 4 is 5.97 Å². The van der Waals surface area contributed by atoms with E-state index in [1.165, 1.54) is 6.42 Å². The highest BCUT2D eigenvalue weighted by Crippen LogP contribution is 2.28. The minimum Gasteiger partial charge on any atom is -0.481 e. The van der Waals surface area contributed by atoms with E-state index in [4.69, 9.17) is 0 Å². The van der Waals surface area contributed by atoms with E-state index < -0.39 is 11.4 Å². The van der Waals surface area contributed by atoms with Gasteiger partial charge in [-0.25, -0.2) is 0 Å². The quantitative estimate of drug-likeness (QED) is 0.888. The molecule has 2 atom stereocenters. The summed E-state index contributed by atoms with van der Waals surface area (Å²) in [7, 11) is 0. The van der Waals surface area contributed by atoms with Crippen LogP contribution >= 0.6 is 0 Å². The van der Waals surface area contributed by atoms with Gasteiger partial charge in [0.15, 0.2) is 0 Å². The van der Waals surface area contributed by atoms with Gasteiger partial charge in [-0.2, -0.15) is 0 Å². The second-order valence-electron chi connectivity index (χ2n) is 5.63. The van der Waals surface area contributed by atoms with Crippen LogP contribution < -0.4 is 0 Å². The zero-order chi connectivity index (χ0) is 13.2. The van der Waals surface area contributed by atoms with Gasteiger partial charge in [0.2, 0.25) is 0 Å². The number of hydrogen-bond acceptors (Lipinski definition) is 2. The summed E-state index contributed by atoms with van der Waals surface area (Å²) in [6.07, 6.45) is 1.17. The Morgan fingerprint density at radius 2 is 2.11 bits per heavy atom. The lowest BCUT2D eigenvalue weighted by atomic mass is 9.82. The summed E-state index contributed by atoms with van der Waals surface area (Å²) in [5.74, 6) is -0.0629. The molecule has 0 radical (unpaired) electrons. The highest BCUT2D eigenvalue weighted by atomic mass is 16.4. The molecule has 3 nitrogen and oxygen atoms in total. The molecule has 0 saturated carbocycles. The fourth-order valence-corrected chi connectivity index (χ4v) is 2.71. The Morgan fingerprint density at radius 1 is 1.44 bits per heavy atom. The maximum atomic E-state index is 11.7. The molecule has 1 aliphatic heterocycles. The first-order chi connectivity index (χ1) is 8.52. The Hall–Kier alpha value is -1.35. The second-order valence-corrected chi connectivity index (χ2v) is 5.63. The summed E-state index contributed by atoms with van der Waals surface area (Å²) >= 11 is 0. The molecule has 0 spiro atoms. The fourth-order valence-electron chi connectivity index (χ4n) is 2.71. The molecule has 0 amide bonds. The van der Waals surface area contributed by atoms with Crippen molar-refractivity contribution in [3.05, 3.63) is 35.9 Å². The Kier molecular flexibility index (Phi) is 3.71. The van der Waals surface area contributed by atoms with Gasteiger partial charge in [-0.05, 0) is 31.4 Å². The molecule has 1 aromatic carbocycles. The maximum Gasteiger partial charge on any atom is 0.315 e. The molecule has 18 heavy (non-hydrogen) atoms. The van der Waals surface area contributed by atoms with Crippen molar-refractivity contribution in [2.45, 2.75) is 25.7 Å². The standard InChI is InChI=1S/C15H21NO2/c1-12-8-9-16(10-12)11-15(2,14(17)18)13-6-4-3-5-7-13/h3-7,12H,8-11H2,1-2H3,(H,17,18). The number of carboxylic acid groups (broad SMARTS) is 1. The van der Waals surface area contributed by atoms with Crippen molar-refractivity contribution in [1.82, 2.24) is 4.90 Å². The lowest BCUT2D eigenvalue weighted by molar-refractivity contribution is -0.143. The van der Waals surface area contributed by atoms with Gasteiger partial charge in [0.05, 0.1) is 0 Å². The van der Waals surface area contributed by atoms with Gasteiger partial charge >= 0.3 is 5.97 Å². The average molecular weight is 247 g/mol. The molecule has 2 rings (SSSR count). The van der Waals surface area contributed by atoms with Crippen molar-refractivity contribution in [2.24, 2.45) is 5.92 Å². The first kappa shape index (κ1) is 13.1. The van der Waals surface area contributed by atoms with Gasteiger partial charge in [0.25, 0.3) is 0 Å². The van der Waals surface area contributed by atoms with Gasteiger partial charge in [0, 0.05) is 13.1 Å². The molecule has 1 N–H and O–H groups in total. The third-order valence-electron chi connectivity index (χ3n) is 3.93. The summed E-state index contributed by atoms with van der Waals surface area (Å²) < 4.78 is 0. The van der Waals surface area contributed by atoms with E-state index in [1.807, 2.05) is 37.3 Å². The molecule has 0 bridgehead atoms. The maximum absolute atomic E-state index is 11.7. The molecule has 3 heteroatoms. The van der Waals surface area contributed by atoms with Crippen LogP contribution in [-0.4, -0.2) is 35.6 Å². The third-order valence-corrected chi connectivity index (χ3v) is 3.93. The molecule has 1 heterocycles. The Morgan fingerprint density at radius 3 is 2.61 bits per heavy atom. The summed E-state index contributed by atoms with van der Waals surface area (Å²) in [6, 6.07) is 9.55. The van der Waals surface area contributed by atoms with E-state index in [-0.39, 0.29) is 0 Å². The zero-order valence-electron chi connectivity index (χ0n) is 11.1. The number of carboxylic acids is 1. The van der Waals surface area contributed by atoms with Crippen molar-refractivity contribution in [3.63, 3.8) is 0 Å². The Bertz CT molecular complexity index is 418. The molecule has 1 saturated heterocycles. The molecule has 1 fully saturated rings. The molecule has 1 aliphatic rings. The van der Waals surface area contributed by atoms with Gasteiger partial charge in [-0.1, -0.05) is 37.3 Å². The number of rotatable bonds is 4. The van der Waals surface area contributed by atoms with Crippen molar-refractivity contribution < 1.29 is 9.90 Å². The van der Waals surface area contributed by atoms with Gasteiger partial charge in [0.1, 0.15) is 5.41 Å². The first-order valence-corrected chi connectivity index (χ1v) is 6.53. The Labute approximate surface area is 108 Å². The molecule has 98 valence electrons. The summed E-state index contributed by atoms with van der Waals surface area (Å²) in [5.41, 5.74) is 0.0720. The third kappa shape index (κ3) is 2.56. The highest BCUT2D eigenvalue weighted by molar-refractivity contribution is 5.81. The first-order valence-electron chi connectivity index (χ1n) is 6.53. The second kappa shape index (κ2) is 5.11. The number of likely N-dealkylation sites (tertiary alicyclic amines) is 1. The average Bonchev–Trinajstić information content (AvgIpc) is 2.75. The van der Waals surface area contributed by atoms with Crippen LogP contribution in [0.15, 0.2) is 30.3 Å². The predicted octanol–water partition coefficient (Wildman–Crippen LogP) is 2.37. The minimum absolute atomic E-state index is 0.594. The topological polar surface area (TPSA) is 40.5 Å². The number of carbonyl (C=O) groups is 1. The van der Waals surface area contributed by atoms with E-state index >= 15 is 0 Å².